The van der Waals surface area contributed by atoms with Gasteiger partial charge in [0.05, 0.1) is 0 Å². The van der Waals surface area contributed by atoms with Crippen molar-refractivity contribution in [2.24, 2.45) is 0 Å². The Morgan fingerprint density at radius 2 is 2.00 bits per heavy atom. The Morgan fingerprint density at radius 3 is 2.52 bits per heavy atom. The smallest absolute Gasteiger partial charge is 0.323 e. The average Bonchev–Trinajstić information content (AvgIpc) is 2.40. The van der Waals surface area contributed by atoms with E-state index in [-0.39, 0.29) is 0 Å². The minimum Gasteiger partial charge on any atom is -0.480 e. The molecule has 0 spiro atoms. The van der Waals surface area contributed by atoms with Crippen LogP contribution in [0, 0.1) is 13.8 Å². The monoisotopic (exact) mass is 311 g/mol. The third-order valence-corrected chi connectivity index (χ3v) is 4.18. The summed E-state index contributed by atoms with van der Waals surface area (Å²) in [7, 11) is 0. The molecule has 1 atom stereocenters. The quantitative estimate of drug-likeness (QED) is 0.415. The second-order valence-electron chi connectivity index (χ2n) is 5.45. The molecule has 0 aliphatic heterocycles. The maximum atomic E-state index is 11.4. The molecule has 0 amide bonds. The van der Waals surface area contributed by atoms with Gasteiger partial charge in [-0.15, -0.1) is 0 Å². The molecule has 0 bridgehead atoms. The van der Waals surface area contributed by atoms with Crippen molar-refractivity contribution in [2.75, 3.05) is 12.3 Å². The molecule has 5 nitrogen and oxygen atoms in total. The third kappa shape index (κ3) is 6.01. The summed E-state index contributed by atoms with van der Waals surface area (Å²) in [6.45, 7) is 8.41. The number of nitrogens with one attached hydrogen (secondary N) is 1. The minimum absolute atomic E-state index is 0.597. The van der Waals surface area contributed by atoms with Crippen LogP contribution in [0.15, 0.2) is 11.2 Å². The third-order valence-electron chi connectivity index (χ3n) is 3.25. The van der Waals surface area contributed by atoms with Crippen molar-refractivity contribution in [2.45, 2.75) is 57.7 Å². The largest absolute Gasteiger partial charge is 0.480 e. The van der Waals surface area contributed by atoms with Crippen LogP contribution in [0.1, 0.15) is 44.5 Å². The molecule has 1 aromatic rings. The lowest BCUT2D eigenvalue weighted by Gasteiger charge is -2.26. The lowest BCUT2D eigenvalue weighted by Crippen LogP contribution is -2.49. The predicted octanol–water partition coefficient (Wildman–Crippen LogP) is 2.81. The van der Waals surface area contributed by atoms with E-state index in [1.807, 2.05) is 26.8 Å². The zero-order valence-corrected chi connectivity index (χ0v) is 14.1. The van der Waals surface area contributed by atoms with Crippen LogP contribution in [0.2, 0.25) is 0 Å². The Labute approximate surface area is 131 Å². The summed E-state index contributed by atoms with van der Waals surface area (Å²) < 4.78 is 0. The van der Waals surface area contributed by atoms with Crippen LogP contribution in [0.3, 0.4) is 0 Å². The molecule has 0 radical (unpaired) electrons. The number of thioether (sulfide) groups is 1. The Balaban J connectivity index is 2.45. The molecular weight excluding hydrogens is 286 g/mol. The van der Waals surface area contributed by atoms with E-state index in [1.54, 1.807) is 18.7 Å². The van der Waals surface area contributed by atoms with Crippen LogP contribution in [0.5, 0.6) is 0 Å². The molecule has 1 rings (SSSR count). The maximum Gasteiger partial charge on any atom is 0.323 e. The molecule has 1 aromatic heterocycles. The van der Waals surface area contributed by atoms with E-state index in [4.69, 9.17) is 0 Å². The van der Waals surface area contributed by atoms with Gasteiger partial charge in [0.15, 0.2) is 5.16 Å². The fourth-order valence-corrected chi connectivity index (χ4v) is 2.91. The molecule has 0 fully saturated rings. The Bertz CT molecular complexity index is 462. The van der Waals surface area contributed by atoms with Gasteiger partial charge in [-0.2, -0.15) is 0 Å². The van der Waals surface area contributed by atoms with Gasteiger partial charge in [-0.05, 0) is 52.6 Å². The number of nitrogens with zero attached hydrogens (tertiary/aromatic N) is 2. The summed E-state index contributed by atoms with van der Waals surface area (Å²) in [5.74, 6) is 0.0307. The molecular formula is C15H25N3O2S. The second-order valence-corrected chi connectivity index (χ2v) is 6.51. The van der Waals surface area contributed by atoms with E-state index in [2.05, 4.69) is 15.3 Å². The van der Waals surface area contributed by atoms with Crippen LogP contribution in [-0.4, -0.2) is 38.9 Å². The molecule has 0 aliphatic rings. The maximum absolute atomic E-state index is 11.4. The highest BCUT2D eigenvalue weighted by molar-refractivity contribution is 7.99. The summed E-state index contributed by atoms with van der Waals surface area (Å²) in [5, 5.41) is 13.2. The van der Waals surface area contributed by atoms with Crippen LogP contribution in [0.25, 0.3) is 0 Å². The van der Waals surface area contributed by atoms with Crippen molar-refractivity contribution in [3.8, 4) is 0 Å². The molecule has 0 aliphatic carbocycles. The summed E-state index contributed by atoms with van der Waals surface area (Å²) in [4.78, 5) is 20.1. The van der Waals surface area contributed by atoms with Gasteiger partial charge in [0, 0.05) is 17.1 Å². The molecule has 2 N–H and O–H groups in total. The van der Waals surface area contributed by atoms with Gasteiger partial charge >= 0.3 is 5.97 Å². The lowest BCUT2D eigenvalue weighted by atomic mass is 9.96. The average molecular weight is 311 g/mol. The summed E-state index contributed by atoms with van der Waals surface area (Å²) in [6.07, 6.45) is 2.33. The minimum atomic E-state index is -0.847. The fourth-order valence-electron chi connectivity index (χ4n) is 2.02. The van der Waals surface area contributed by atoms with E-state index >= 15 is 0 Å². The Kier molecular flexibility index (Phi) is 7.11. The second kappa shape index (κ2) is 8.34. The van der Waals surface area contributed by atoms with E-state index in [9.17, 15) is 9.90 Å². The highest BCUT2D eigenvalue weighted by Crippen LogP contribution is 2.19. The molecule has 118 valence electrons. The van der Waals surface area contributed by atoms with Gasteiger partial charge in [0.2, 0.25) is 0 Å². The van der Waals surface area contributed by atoms with Gasteiger partial charge in [-0.25, -0.2) is 9.97 Å². The molecule has 21 heavy (non-hydrogen) atoms. The van der Waals surface area contributed by atoms with Crippen molar-refractivity contribution in [1.29, 1.82) is 0 Å². The number of carboxylic acids is 1. The van der Waals surface area contributed by atoms with Crippen molar-refractivity contribution in [3.05, 3.63) is 17.5 Å². The first-order chi connectivity index (χ1) is 9.87. The van der Waals surface area contributed by atoms with Gasteiger partial charge < -0.3 is 10.4 Å². The van der Waals surface area contributed by atoms with Crippen LogP contribution >= 0.6 is 11.8 Å². The molecule has 0 aromatic carbocycles. The number of rotatable bonds is 9. The first-order valence-corrected chi connectivity index (χ1v) is 8.29. The number of carbonyl (C=O) groups is 1. The van der Waals surface area contributed by atoms with Gasteiger partial charge in [-0.3, -0.25) is 4.79 Å². The first-order valence-electron chi connectivity index (χ1n) is 7.31. The highest BCUT2D eigenvalue weighted by atomic mass is 32.2. The molecule has 6 heteroatoms. The van der Waals surface area contributed by atoms with Crippen molar-refractivity contribution in [1.82, 2.24) is 15.3 Å². The summed E-state index contributed by atoms with van der Waals surface area (Å²) >= 11 is 1.58. The van der Waals surface area contributed by atoms with Crippen molar-refractivity contribution in [3.63, 3.8) is 0 Å². The molecule has 1 heterocycles. The lowest BCUT2D eigenvalue weighted by molar-refractivity contribution is -0.144. The van der Waals surface area contributed by atoms with Gasteiger partial charge in [-0.1, -0.05) is 18.7 Å². The molecule has 0 saturated carbocycles. The van der Waals surface area contributed by atoms with Crippen LogP contribution in [0.4, 0.5) is 0 Å². The van der Waals surface area contributed by atoms with Crippen LogP contribution in [-0.2, 0) is 4.79 Å². The van der Waals surface area contributed by atoms with Gasteiger partial charge in [0.1, 0.15) is 5.54 Å². The number of aromatic nitrogens is 2. The Morgan fingerprint density at radius 1 is 1.38 bits per heavy atom. The van der Waals surface area contributed by atoms with Crippen molar-refractivity contribution < 1.29 is 9.90 Å². The highest BCUT2D eigenvalue weighted by Gasteiger charge is 2.31. The number of carboxylic acid groups (broad SMARTS) is 1. The number of hydrogen-bond donors (Lipinski definition) is 2. The number of aliphatic carboxylic acids is 1. The Hall–Kier alpha value is -1.14. The van der Waals surface area contributed by atoms with Gasteiger partial charge in [0.25, 0.3) is 0 Å². The zero-order chi connectivity index (χ0) is 15.9. The SMILES string of the molecule is CCCNC(C)(CCCSc1nc(C)cc(C)n1)C(=O)O. The first kappa shape index (κ1) is 17.9. The number of aryl methyl sites for hydroxylation is 2. The van der Waals surface area contributed by atoms with Crippen LogP contribution < -0.4 is 5.32 Å². The number of hydrogen-bond acceptors (Lipinski definition) is 5. The summed E-state index contributed by atoms with van der Waals surface area (Å²) in [6, 6.07) is 1.94. The van der Waals surface area contributed by atoms with E-state index < -0.39 is 11.5 Å². The summed E-state index contributed by atoms with van der Waals surface area (Å²) in [5.41, 5.74) is 1.08. The van der Waals surface area contributed by atoms with E-state index in [0.29, 0.717) is 6.42 Å². The standard InChI is InChI=1S/C15H25N3O2S/c1-5-8-16-15(4,13(19)20)7-6-9-21-14-17-11(2)10-12(3)18-14/h10,16H,5-9H2,1-4H3,(H,19,20). The normalized spacial score (nSPS) is 13.9. The zero-order valence-electron chi connectivity index (χ0n) is 13.3. The fraction of sp³-hybridized carbons (Fsp3) is 0.667. The topological polar surface area (TPSA) is 75.1 Å². The molecule has 1 unspecified atom stereocenters. The predicted molar refractivity (Wildman–Crippen MR) is 85.8 cm³/mol. The van der Waals surface area contributed by atoms with E-state index in [0.717, 1.165) is 41.7 Å². The van der Waals surface area contributed by atoms with Crippen molar-refractivity contribution >= 4 is 17.7 Å². The molecule has 0 saturated heterocycles. The van der Waals surface area contributed by atoms with E-state index in [1.165, 1.54) is 0 Å².